The smallest absolute Gasteiger partial charge is 0.256 e. The maximum absolute atomic E-state index is 13.1. The number of likely N-dealkylation sites (tertiary alicyclic amines) is 1. The molecule has 2 aliphatic heterocycles. The Labute approximate surface area is 164 Å². The molecule has 4 rings (SSSR count). The molecule has 2 aromatic carbocycles. The van der Waals surface area contributed by atoms with Crippen molar-refractivity contribution in [2.24, 2.45) is 0 Å². The highest BCUT2D eigenvalue weighted by atomic mass is 79.9. The van der Waals surface area contributed by atoms with Crippen molar-refractivity contribution in [2.75, 3.05) is 26.0 Å². The van der Waals surface area contributed by atoms with Crippen LogP contribution < -0.4 is 10.1 Å². The van der Waals surface area contributed by atoms with Crippen LogP contribution in [0.25, 0.3) is 0 Å². The summed E-state index contributed by atoms with van der Waals surface area (Å²) in [5, 5.41) is 15.1. The molecule has 7 nitrogen and oxygen atoms in total. The van der Waals surface area contributed by atoms with Crippen LogP contribution in [0.4, 0.5) is 5.69 Å². The van der Waals surface area contributed by atoms with Crippen molar-refractivity contribution in [3.63, 3.8) is 0 Å². The summed E-state index contributed by atoms with van der Waals surface area (Å²) >= 11 is 3.44. The van der Waals surface area contributed by atoms with Crippen molar-refractivity contribution in [1.82, 2.24) is 4.90 Å². The predicted molar refractivity (Wildman–Crippen MR) is 104 cm³/mol. The van der Waals surface area contributed by atoms with Crippen LogP contribution >= 0.6 is 15.9 Å². The first-order chi connectivity index (χ1) is 12.9. The third kappa shape index (κ3) is 2.40. The molecule has 0 aliphatic carbocycles. The standard InChI is InChI=1S/C19H18BrN3O4/c1-22-10-13(12-9-11(20)7-8-16(12)27-2)17(23(25)26)19(22)14-5-3-4-6-15(14)21-18(19)24/h3-9,13,17H,10H2,1-2H3,(H,21,24)/t13-,17+,19-/m0/s1. The van der Waals surface area contributed by atoms with Gasteiger partial charge in [-0.3, -0.25) is 19.8 Å². The molecule has 2 aromatic rings. The molecular formula is C19H18BrN3O4. The van der Waals surface area contributed by atoms with Gasteiger partial charge in [0.25, 0.3) is 11.9 Å². The number of para-hydroxylation sites is 1. The number of likely N-dealkylation sites (N-methyl/N-ethyl adjacent to an activating group) is 1. The van der Waals surface area contributed by atoms with E-state index >= 15 is 0 Å². The van der Waals surface area contributed by atoms with Crippen molar-refractivity contribution < 1.29 is 14.5 Å². The molecule has 0 unspecified atom stereocenters. The average molecular weight is 432 g/mol. The highest BCUT2D eigenvalue weighted by Gasteiger charge is 2.68. The number of halogens is 1. The van der Waals surface area contributed by atoms with Crippen LogP contribution in [0.5, 0.6) is 5.75 Å². The van der Waals surface area contributed by atoms with Gasteiger partial charge in [0, 0.05) is 32.8 Å². The lowest BCUT2D eigenvalue weighted by Gasteiger charge is -2.30. The Morgan fingerprint density at radius 1 is 1.33 bits per heavy atom. The third-order valence-electron chi connectivity index (χ3n) is 5.63. The van der Waals surface area contributed by atoms with E-state index in [1.165, 1.54) is 0 Å². The van der Waals surface area contributed by atoms with E-state index in [-0.39, 0.29) is 10.8 Å². The van der Waals surface area contributed by atoms with Crippen LogP contribution in [-0.2, 0) is 10.3 Å². The van der Waals surface area contributed by atoms with Gasteiger partial charge in [-0.25, -0.2) is 0 Å². The van der Waals surface area contributed by atoms with Gasteiger partial charge in [0.15, 0.2) is 5.54 Å². The Hall–Kier alpha value is -2.45. The molecule has 2 heterocycles. The zero-order valence-electron chi connectivity index (χ0n) is 14.8. The van der Waals surface area contributed by atoms with Crippen LogP contribution in [0.15, 0.2) is 46.9 Å². The molecule has 3 atom stereocenters. The topological polar surface area (TPSA) is 84.7 Å². The minimum absolute atomic E-state index is 0.323. The van der Waals surface area contributed by atoms with Crippen LogP contribution in [0, 0.1) is 10.1 Å². The number of benzene rings is 2. The van der Waals surface area contributed by atoms with Gasteiger partial charge in [-0.15, -0.1) is 0 Å². The SMILES string of the molecule is COc1ccc(Br)cc1[C@@H]1CN(C)[C@]2(C(=O)Nc3ccccc32)[C@@H]1[N+](=O)[O-]. The summed E-state index contributed by atoms with van der Waals surface area (Å²) < 4.78 is 6.27. The van der Waals surface area contributed by atoms with Gasteiger partial charge in [0.05, 0.1) is 13.0 Å². The lowest BCUT2D eigenvalue weighted by molar-refractivity contribution is -0.534. The second kappa shape index (κ2) is 6.31. The maximum Gasteiger partial charge on any atom is 0.256 e. The fraction of sp³-hybridized carbons (Fsp3) is 0.316. The molecule has 27 heavy (non-hydrogen) atoms. The largest absolute Gasteiger partial charge is 0.496 e. The molecule has 1 fully saturated rings. The average Bonchev–Trinajstić information content (AvgIpc) is 3.11. The summed E-state index contributed by atoms with van der Waals surface area (Å²) in [6.45, 7) is 0.361. The van der Waals surface area contributed by atoms with E-state index in [1.807, 2.05) is 18.2 Å². The summed E-state index contributed by atoms with van der Waals surface area (Å²) in [6, 6.07) is 11.5. The molecule has 0 bridgehead atoms. The minimum Gasteiger partial charge on any atom is -0.496 e. The Morgan fingerprint density at radius 3 is 2.78 bits per heavy atom. The molecule has 0 radical (unpaired) electrons. The van der Waals surface area contributed by atoms with Crippen molar-refractivity contribution >= 4 is 27.5 Å². The summed E-state index contributed by atoms with van der Waals surface area (Å²) in [7, 11) is 3.31. The third-order valence-corrected chi connectivity index (χ3v) is 6.13. The molecule has 140 valence electrons. The van der Waals surface area contributed by atoms with E-state index in [0.717, 1.165) is 10.0 Å². The summed E-state index contributed by atoms with van der Waals surface area (Å²) in [6.07, 6.45) is 0. The predicted octanol–water partition coefficient (Wildman–Crippen LogP) is 2.98. The van der Waals surface area contributed by atoms with Crippen LogP contribution in [0.1, 0.15) is 17.0 Å². The number of nitro groups is 1. The van der Waals surface area contributed by atoms with Crippen molar-refractivity contribution in [1.29, 1.82) is 0 Å². The Morgan fingerprint density at radius 2 is 2.07 bits per heavy atom. The van der Waals surface area contributed by atoms with Gasteiger partial charge in [0.1, 0.15) is 5.75 Å². The molecule has 1 amide bonds. The fourth-order valence-electron chi connectivity index (χ4n) is 4.56. The normalized spacial score (nSPS) is 26.9. The lowest BCUT2D eigenvalue weighted by atomic mass is 9.79. The van der Waals surface area contributed by atoms with Crippen LogP contribution in [0.3, 0.4) is 0 Å². The summed E-state index contributed by atoms with van der Waals surface area (Å²) in [5.41, 5.74) is 0.645. The van der Waals surface area contributed by atoms with E-state index in [2.05, 4.69) is 21.2 Å². The number of carbonyl (C=O) groups excluding carboxylic acids is 1. The number of amides is 1. The number of nitrogens with zero attached hydrogens (tertiary/aromatic N) is 2. The van der Waals surface area contributed by atoms with E-state index in [0.29, 0.717) is 23.5 Å². The number of ether oxygens (including phenoxy) is 1. The number of nitrogens with one attached hydrogen (secondary N) is 1. The maximum atomic E-state index is 13.1. The molecule has 1 spiro atoms. The van der Waals surface area contributed by atoms with Gasteiger partial charge < -0.3 is 10.1 Å². The summed E-state index contributed by atoms with van der Waals surface area (Å²) in [4.78, 5) is 26.8. The number of rotatable bonds is 3. The number of anilines is 1. The quantitative estimate of drug-likeness (QED) is 0.596. The molecular weight excluding hydrogens is 414 g/mol. The molecule has 2 aliphatic rings. The van der Waals surface area contributed by atoms with Crippen molar-refractivity contribution in [3.05, 3.63) is 68.2 Å². The lowest BCUT2D eigenvalue weighted by Crippen LogP contribution is -2.54. The first-order valence-corrected chi connectivity index (χ1v) is 9.29. The fourth-order valence-corrected chi connectivity index (χ4v) is 4.93. The Balaban J connectivity index is 1.93. The second-order valence-electron chi connectivity index (χ2n) is 6.87. The summed E-state index contributed by atoms with van der Waals surface area (Å²) in [5.74, 6) is -0.286. The molecule has 0 aromatic heterocycles. The van der Waals surface area contributed by atoms with E-state index < -0.39 is 17.5 Å². The van der Waals surface area contributed by atoms with Gasteiger partial charge in [-0.1, -0.05) is 34.1 Å². The highest BCUT2D eigenvalue weighted by molar-refractivity contribution is 9.10. The van der Waals surface area contributed by atoms with Crippen molar-refractivity contribution in [2.45, 2.75) is 17.5 Å². The molecule has 8 heteroatoms. The monoisotopic (exact) mass is 431 g/mol. The van der Waals surface area contributed by atoms with Gasteiger partial charge >= 0.3 is 0 Å². The first kappa shape index (κ1) is 17.9. The number of methoxy groups -OCH3 is 1. The first-order valence-electron chi connectivity index (χ1n) is 8.50. The number of hydrogen-bond donors (Lipinski definition) is 1. The number of carbonyl (C=O) groups is 1. The zero-order chi connectivity index (χ0) is 19.3. The van der Waals surface area contributed by atoms with Gasteiger partial charge in [0.2, 0.25) is 0 Å². The zero-order valence-corrected chi connectivity index (χ0v) is 16.4. The number of hydrogen-bond acceptors (Lipinski definition) is 5. The second-order valence-corrected chi connectivity index (χ2v) is 7.79. The van der Waals surface area contributed by atoms with Crippen molar-refractivity contribution in [3.8, 4) is 5.75 Å². The van der Waals surface area contributed by atoms with E-state index in [9.17, 15) is 14.9 Å². The molecule has 0 saturated carbocycles. The van der Waals surface area contributed by atoms with Crippen LogP contribution in [-0.4, -0.2) is 42.5 Å². The molecule has 1 N–H and O–H groups in total. The van der Waals surface area contributed by atoms with E-state index in [4.69, 9.17) is 4.74 Å². The number of fused-ring (bicyclic) bond motifs is 2. The highest BCUT2D eigenvalue weighted by Crippen LogP contribution is 2.53. The van der Waals surface area contributed by atoms with Gasteiger partial charge in [-0.05, 0) is 31.3 Å². The minimum atomic E-state index is -1.35. The Bertz CT molecular complexity index is 950. The van der Waals surface area contributed by atoms with Crippen LogP contribution in [0.2, 0.25) is 0 Å². The van der Waals surface area contributed by atoms with E-state index in [1.54, 1.807) is 43.3 Å². The molecule has 1 saturated heterocycles. The van der Waals surface area contributed by atoms with Gasteiger partial charge in [-0.2, -0.15) is 0 Å². The Kier molecular flexibility index (Phi) is 4.20.